The SMILES string of the molecule is CCC1CCCCC1OCC1(CC(N)=NO)CC1. The number of nitrogens with two attached hydrogens (primary N) is 1. The molecule has 0 spiro atoms. The molecule has 18 heavy (non-hydrogen) atoms. The van der Waals surface area contributed by atoms with E-state index in [2.05, 4.69) is 12.1 Å². The molecule has 0 heterocycles. The Labute approximate surface area is 110 Å². The normalized spacial score (nSPS) is 31.3. The monoisotopic (exact) mass is 254 g/mol. The minimum Gasteiger partial charge on any atom is -0.409 e. The molecule has 4 nitrogen and oxygen atoms in total. The lowest BCUT2D eigenvalue weighted by Crippen LogP contribution is -2.31. The zero-order valence-electron chi connectivity index (χ0n) is 11.4. The Hall–Kier alpha value is -0.770. The Morgan fingerprint density at radius 2 is 2.11 bits per heavy atom. The highest BCUT2D eigenvalue weighted by Gasteiger charge is 2.44. The van der Waals surface area contributed by atoms with E-state index in [-0.39, 0.29) is 5.41 Å². The smallest absolute Gasteiger partial charge is 0.139 e. The van der Waals surface area contributed by atoms with Crippen molar-refractivity contribution in [3.05, 3.63) is 0 Å². The van der Waals surface area contributed by atoms with Crippen molar-refractivity contribution in [1.82, 2.24) is 0 Å². The van der Waals surface area contributed by atoms with Crippen LogP contribution in [-0.4, -0.2) is 23.8 Å². The summed E-state index contributed by atoms with van der Waals surface area (Å²) < 4.78 is 6.17. The molecule has 0 saturated heterocycles. The van der Waals surface area contributed by atoms with Crippen molar-refractivity contribution >= 4 is 5.84 Å². The van der Waals surface area contributed by atoms with Crippen LogP contribution in [0.25, 0.3) is 0 Å². The van der Waals surface area contributed by atoms with Gasteiger partial charge in [0.1, 0.15) is 5.84 Å². The molecule has 0 aromatic rings. The first-order chi connectivity index (χ1) is 8.69. The van der Waals surface area contributed by atoms with Gasteiger partial charge in [0.05, 0.1) is 12.7 Å². The number of amidine groups is 1. The van der Waals surface area contributed by atoms with E-state index in [0.717, 1.165) is 25.4 Å². The predicted octanol–water partition coefficient (Wildman–Crippen LogP) is 2.89. The van der Waals surface area contributed by atoms with E-state index in [1.807, 2.05) is 0 Å². The van der Waals surface area contributed by atoms with Gasteiger partial charge >= 0.3 is 0 Å². The summed E-state index contributed by atoms with van der Waals surface area (Å²) in [5, 5.41) is 11.7. The van der Waals surface area contributed by atoms with Gasteiger partial charge in [-0.15, -0.1) is 0 Å². The summed E-state index contributed by atoms with van der Waals surface area (Å²) in [5.41, 5.74) is 5.78. The maximum Gasteiger partial charge on any atom is 0.139 e. The first kappa shape index (κ1) is 13.7. The van der Waals surface area contributed by atoms with Crippen LogP contribution in [0.5, 0.6) is 0 Å². The molecule has 104 valence electrons. The third kappa shape index (κ3) is 3.37. The fourth-order valence-corrected chi connectivity index (χ4v) is 3.11. The summed E-state index contributed by atoms with van der Waals surface area (Å²) in [6, 6.07) is 0. The third-order valence-corrected chi connectivity index (χ3v) is 4.61. The van der Waals surface area contributed by atoms with Gasteiger partial charge in [0.15, 0.2) is 0 Å². The molecular formula is C14H26N2O2. The minimum absolute atomic E-state index is 0.173. The van der Waals surface area contributed by atoms with Gasteiger partial charge in [0.25, 0.3) is 0 Å². The molecule has 2 rings (SSSR count). The Morgan fingerprint density at radius 1 is 1.39 bits per heavy atom. The van der Waals surface area contributed by atoms with Crippen molar-refractivity contribution in [3.63, 3.8) is 0 Å². The van der Waals surface area contributed by atoms with E-state index in [1.54, 1.807) is 0 Å². The maximum atomic E-state index is 8.65. The first-order valence-electron chi connectivity index (χ1n) is 7.27. The van der Waals surface area contributed by atoms with Crippen LogP contribution in [0.15, 0.2) is 5.16 Å². The van der Waals surface area contributed by atoms with Crippen LogP contribution in [0, 0.1) is 11.3 Å². The summed E-state index contributed by atoms with van der Waals surface area (Å²) in [4.78, 5) is 0. The van der Waals surface area contributed by atoms with Gasteiger partial charge in [-0.3, -0.25) is 0 Å². The zero-order valence-corrected chi connectivity index (χ0v) is 11.4. The third-order valence-electron chi connectivity index (χ3n) is 4.61. The van der Waals surface area contributed by atoms with E-state index in [1.165, 1.54) is 32.1 Å². The molecule has 0 amide bonds. The van der Waals surface area contributed by atoms with Gasteiger partial charge in [-0.05, 0) is 31.6 Å². The Balaban J connectivity index is 1.80. The van der Waals surface area contributed by atoms with Crippen molar-refractivity contribution in [3.8, 4) is 0 Å². The number of hydrogen-bond donors (Lipinski definition) is 2. The van der Waals surface area contributed by atoms with Crippen LogP contribution in [0.4, 0.5) is 0 Å². The van der Waals surface area contributed by atoms with E-state index >= 15 is 0 Å². The van der Waals surface area contributed by atoms with E-state index in [9.17, 15) is 0 Å². The van der Waals surface area contributed by atoms with Crippen molar-refractivity contribution in [2.45, 2.75) is 64.4 Å². The Bertz CT molecular complexity index is 300. The van der Waals surface area contributed by atoms with Crippen molar-refractivity contribution < 1.29 is 9.94 Å². The molecule has 0 aromatic carbocycles. The van der Waals surface area contributed by atoms with Crippen LogP contribution in [0.3, 0.4) is 0 Å². The zero-order chi connectivity index (χ0) is 13.0. The second kappa shape index (κ2) is 5.91. The van der Waals surface area contributed by atoms with Gasteiger partial charge in [-0.2, -0.15) is 0 Å². The van der Waals surface area contributed by atoms with Gasteiger partial charge in [-0.25, -0.2) is 0 Å². The van der Waals surface area contributed by atoms with Crippen LogP contribution in [0.1, 0.15) is 58.3 Å². The molecule has 2 fully saturated rings. The summed E-state index contributed by atoms with van der Waals surface area (Å²) in [6.45, 7) is 3.04. The average Bonchev–Trinajstić information content (AvgIpc) is 3.16. The van der Waals surface area contributed by atoms with Gasteiger partial charge in [-0.1, -0.05) is 31.3 Å². The van der Waals surface area contributed by atoms with Crippen LogP contribution in [-0.2, 0) is 4.74 Å². The molecule has 0 aromatic heterocycles. The molecule has 2 unspecified atom stereocenters. The van der Waals surface area contributed by atoms with Crippen molar-refractivity contribution in [2.24, 2.45) is 22.2 Å². The number of hydrogen-bond acceptors (Lipinski definition) is 3. The summed E-state index contributed by atoms with van der Waals surface area (Å²) >= 11 is 0. The molecule has 2 aliphatic rings. The molecule has 0 radical (unpaired) electrons. The molecule has 4 heteroatoms. The molecule has 2 saturated carbocycles. The van der Waals surface area contributed by atoms with E-state index in [0.29, 0.717) is 18.4 Å². The van der Waals surface area contributed by atoms with Gasteiger partial charge in [0.2, 0.25) is 0 Å². The summed E-state index contributed by atoms with van der Waals surface area (Å²) in [7, 11) is 0. The number of nitrogens with zero attached hydrogens (tertiary/aromatic N) is 1. The van der Waals surface area contributed by atoms with Crippen molar-refractivity contribution in [2.75, 3.05) is 6.61 Å². The van der Waals surface area contributed by atoms with Crippen molar-refractivity contribution in [1.29, 1.82) is 0 Å². The number of ether oxygens (including phenoxy) is 1. The average molecular weight is 254 g/mol. The maximum absolute atomic E-state index is 8.65. The molecule has 0 aliphatic heterocycles. The number of rotatable bonds is 6. The molecule has 2 atom stereocenters. The second-order valence-corrected chi connectivity index (χ2v) is 6.07. The molecule has 2 aliphatic carbocycles. The highest BCUT2D eigenvalue weighted by atomic mass is 16.5. The summed E-state index contributed by atoms with van der Waals surface area (Å²) in [6.07, 6.45) is 9.80. The fourth-order valence-electron chi connectivity index (χ4n) is 3.11. The van der Waals surface area contributed by atoms with Crippen LogP contribution >= 0.6 is 0 Å². The standard InChI is InChI=1S/C14H26N2O2/c1-2-11-5-3-4-6-12(11)18-10-14(7-8-14)9-13(15)16-17/h11-12,17H,2-10H2,1H3,(H2,15,16). The van der Waals surface area contributed by atoms with Gasteiger partial charge < -0.3 is 15.7 Å². The Morgan fingerprint density at radius 3 is 2.72 bits per heavy atom. The van der Waals surface area contributed by atoms with Gasteiger partial charge in [0, 0.05) is 11.8 Å². The second-order valence-electron chi connectivity index (χ2n) is 6.07. The lowest BCUT2D eigenvalue weighted by molar-refractivity contribution is -0.0319. The topological polar surface area (TPSA) is 67.8 Å². The van der Waals surface area contributed by atoms with E-state index < -0.39 is 0 Å². The minimum atomic E-state index is 0.173. The Kier molecular flexibility index (Phi) is 4.49. The van der Waals surface area contributed by atoms with Crippen LogP contribution in [0.2, 0.25) is 0 Å². The largest absolute Gasteiger partial charge is 0.409 e. The highest BCUT2D eigenvalue weighted by Crippen LogP contribution is 2.49. The number of oxime groups is 1. The summed E-state index contributed by atoms with van der Waals surface area (Å²) in [5.74, 6) is 1.07. The lowest BCUT2D eigenvalue weighted by Gasteiger charge is -2.32. The van der Waals surface area contributed by atoms with Crippen LogP contribution < -0.4 is 5.73 Å². The first-order valence-corrected chi connectivity index (χ1v) is 7.27. The lowest BCUT2D eigenvalue weighted by atomic mass is 9.84. The van der Waals surface area contributed by atoms with E-state index in [4.69, 9.17) is 15.7 Å². The fraction of sp³-hybridized carbons (Fsp3) is 0.929. The highest BCUT2D eigenvalue weighted by molar-refractivity contribution is 5.80. The quantitative estimate of drug-likeness (QED) is 0.331. The molecule has 0 bridgehead atoms. The molecule has 3 N–H and O–H groups in total. The predicted molar refractivity (Wildman–Crippen MR) is 71.7 cm³/mol. The molecular weight excluding hydrogens is 228 g/mol.